The summed E-state index contributed by atoms with van der Waals surface area (Å²) in [5.74, 6) is -1.39. The van der Waals surface area contributed by atoms with Gasteiger partial charge < -0.3 is 25.7 Å². The molecule has 0 amide bonds. The van der Waals surface area contributed by atoms with Crippen molar-refractivity contribution in [1.82, 2.24) is 19.5 Å². The number of H-pyrrole nitrogens is 1. The number of anilines is 1. The first-order valence-electron chi connectivity index (χ1n) is 10.3. The van der Waals surface area contributed by atoms with Crippen LogP contribution in [0.5, 0.6) is 0 Å². The molecular weight excluding hydrogens is 427 g/mol. The highest BCUT2D eigenvalue weighted by Gasteiger charge is 2.38. The molecular formula is C19H27FN6O6. The molecule has 0 aromatic carbocycles. The van der Waals surface area contributed by atoms with Crippen molar-refractivity contribution in [3.05, 3.63) is 16.7 Å². The normalized spacial score (nSPS) is 22.6. The van der Waals surface area contributed by atoms with Crippen LogP contribution in [0.15, 0.2) is 11.1 Å². The zero-order chi connectivity index (χ0) is 23.4. The van der Waals surface area contributed by atoms with Crippen molar-refractivity contribution in [3.8, 4) is 0 Å². The van der Waals surface area contributed by atoms with E-state index in [0.29, 0.717) is 0 Å². The Balaban J connectivity index is 1.48. The number of nitrogen functional groups attached to an aromatic ring is 1. The van der Waals surface area contributed by atoms with Crippen molar-refractivity contribution < 1.29 is 28.2 Å². The molecule has 1 aliphatic heterocycles. The summed E-state index contributed by atoms with van der Waals surface area (Å²) in [7, 11) is 0. The van der Waals surface area contributed by atoms with Gasteiger partial charge >= 0.3 is 11.9 Å². The molecule has 32 heavy (non-hydrogen) atoms. The number of carbonyl (C=O) groups is 2. The number of nitrogens with two attached hydrogens (primary N) is 2. The fraction of sp³-hybridized carbons (Fsp3) is 0.632. The number of nitrogens with one attached hydrogen (secondary N) is 1. The van der Waals surface area contributed by atoms with Crippen molar-refractivity contribution in [2.75, 3.05) is 18.9 Å². The Morgan fingerprint density at radius 2 is 2.19 bits per heavy atom. The van der Waals surface area contributed by atoms with Crippen LogP contribution in [-0.4, -0.2) is 63.0 Å². The number of rotatable bonds is 9. The molecule has 1 saturated heterocycles. The fourth-order valence-corrected chi connectivity index (χ4v) is 3.23. The maximum absolute atomic E-state index is 14.4. The number of hydrogen-bond donors (Lipinski definition) is 3. The molecule has 0 bridgehead atoms. The summed E-state index contributed by atoms with van der Waals surface area (Å²) in [6, 6.07) is -0.758. The van der Waals surface area contributed by atoms with E-state index < -0.39 is 42.0 Å². The summed E-state index contributed by atoms with van der Waals surface area (Å²) in [5, 5.41) is 0. The van der Waals surface area contributed by atoms with E-state index in [1.54, 1.807) is 0 Å². The molecule has 2 aromatic rings. The van der Waals surface area contributed by atoms with E-state index in [9.17, 15) is 18.8 Å². The number of carbonyl (C=O) groups excluding carboxylic acids is 2. The highest BCUT2D eigenvalue weighted by atomic mass is 19.1. The molecule has 0 saturated carbocycles. The average Bonchev–Trinajstić information content (AvgIpc) is 3.34. The van der Waals surface area contributed by atoms with E-state index in [0.717, 1.165) is 6.42 Å². The van der Waals surface area contributed by atoms with E-state index >= 15 is 0 Å². The van der Waals surface area contributed by atoms with E-state index in [1.807, 2.05) is 13.8 Å². The Labute approximate surface area is 182 Å². The molecule has 176 valence electrons. The lowest BCUT2D eigenvalue weighted by Gasteiger charge is -2.17. The number of halogens is 1. The maximum atomic E-state index is 14.4. The van der Waals surface area contributed by atoms with Crippen LogP contribution < -0.4 is 17.0 Å². The van der Waals surface area contributed by atoms with Crippen LogP contribution >= 0.6 is 0 Å². The molecule has 0 spiro atoms. The van der Waals surface area contributed by atoms with Crippen LogP contribution in [0.1, 0.15) is 39.3 Å². The van der Waals surface area contributed by atoms with Gasteiger partial charge in [-0.25, -0.2) is 9.37 Å². The lowest BCUT2D eigenvalue weighted by Crippen LogP contribution is -2.38. The quantitative estimate of drug-likeness (QED) is 0.443. The van der Waals surface area contributed by atoms with Crippen LogP contribution in [0.4, 0.5) is 10.3 Å². The second-order valence-electron chi connectivity index (χ2n) is 7.67. The monoisotopic (exact) mass is 454 g/mol. The summed E-state index contributed by atoms with van der Waals surface area (Å²) in [6.45, 7) is 3.24. The molecule has 0 aliphatic carbocycles. The van der Waals surface area contributed by atoms with Crippen molar-refractivity contribution in [3.63, 3.8) is 0 Å². The van der Waals surface area contributed by atoms with Gasteiger partial charge in [-0.05, 0) is 5.92 Å². The van der Waals surface area contributed by atoms with Gasteiger partial charge in [0.25, 0.3) is 5.56 Å². The Morgan fingerprint density at radius 1 is 1.44 bits per heavy atom. The zero-order valence-electron chi connectivity index (χ0n) is 17.8. The van der Waals surface area contributed by atoms with Gasteiger partial charge in [-0.15, -0.1) is 0 Å². The topological polar surface area (TPSA) is 177 Å². The second kappa shape index (κ2) is 10.0. The smallest absolute Gasteiger partial charge is 0.323 e. The minimum Gasteiger partial charge on any atom is -0.464 e. The Morgan fingerprint density at radius 3 is 2.91 bits per heavy atom. The van der Waals surface area contributed by atoms with Gasteiger partial charge in [-0.1, -0.05) is 20.3 Å². The van der Waals surface area contributed by atoms with Gasteiger partial charge in [0.15, 0.2) is 11.2 Å². The Bertz CT molecular complexity index is 1030. The van der Waals surface area contributed by atoms with Crippen molar-refractivity contribution in [2.45, 2.75) is 57.7 Å². The molecule has 12 nitrogen and oxygen atoms in total. The van der Waals surface area contributed by atoms with Crippen LogP contribution in [0.2, 0.25) is 0 Å². The Hall–Kier alpha value is -3.06. The van der Waals surface area contributed by atoms with Crippen molar-refractivity contribution in [2.24, 2.45) is 11.7 Å². The number of alkyl halides is 1. The van der Waals surface area contributed by atoms with Crippen LogP contribution in [0.3, 0.4) is 0 Å². The van der Waals surface area contributed by atoms with E-state index in [1.165, 1.54) is 10.9 Å². The number of esters is 2. The minimum absolute atomic E-state index is 0.0407. The first-order valence-corrected chi connectivity index (χ1v) is 10.3. The zero-order valence-corrected chi connectivity index (χ0v) is 17.8. The summed E-state index contributed by atoms with van der Waals surface area (Å²) in [4.78, 5) is 45.9. The van der Waals surface area contributed by atoms with Crippen molar-refractivity contribution >= 4 is 29.1 Å². The minimum atomic E-state index is -1.42. The molecule has 2 aromatic heterocycles. The van der Waals surface area contributed by atoms with Crippen molar-refractivity contribution in [1.29, 1.82) is 0 Å². The number of ether oxygens (including phenoxy) is 3. The highest BCUT2D eigenvalue weighted by molar-refractivity contribution is 5.76. The number of aromatic amines is 1. The van der Waals surface area contributed by atoms with Crippen LogP contribution in [0, 0.1) is 5.92 Å². The van der Waals surface area contributed by atoms with Gasteiger partial charge in [0, 0.05) is 6.42 Å². The molecule has 5 N–H and O–H groups in total. The molecule has 13 heteroatoms. The fourth-order valence-electron chi connectivity index (χ4n) is 3.23. The summed E-state index contributed by atoms with van der Waals surface area (Å²) >= 11 is 0. The molecule has 0 radical (unpaired) electrons. The highest BCUT2D eigenvalue weighted by Crippen LogP contribution is 2.32. The number of hydrogen-bond acceptors (Lipinski definition) is 10. The van der Waals surface area contributed by atoms with E-state index in [-0.39, 0.29) is 49.1 Å². The summed E-state index contributed by atoms with van der Waals surface area (Å²) in [6.07, 6.45) is -1.43. The summed E-state index contributed by atoms with van der Waals surface area (Å²) < 4.78 is 31.6. The summed E-state index contributed by atoms with van der Waals surface area (Å²) in [5.41, 5.74) is 11.0. The van der Waals surface area contributed by atoms with Crippen LogP contribution in [0.25, 0.3) is 11.2 Å². The lowest BCUT2D eigenvalue weighted by molar-refractivity contribution is -0.154. The third kappa shape index (κ3) is 5.22. The number of fused-ring (bicyclic) bond motifs is 1. The molecule has 5 atom stereocenters. The predicted molar refractivity (Wildman–Crippen MR) is 110 cm³/mol. The average molecular weight is 454 g/mol. The first kappa shape index (κ1) is 23.6. The molecule has 1 fully saturated rings. The maximum Gasteiger partial charge on any atom is 0.323 e. The number of imidazole rings is 1. The van der Waals surface area contributed by atoms with E-state index in [4.69, 9.17) is 25.7 Å². The largest absolute Gasteiger partial charge is 0.464 e. The molecule has 1 aliphatic rings. The third-order valence-corrected chi connectivity index (χ3v) is 5.41. The first-order chi connectivity index (χ1) is 15.2. The van der Waals surface area contributed by atoms with Gasteiger partial charge in [-0.2, -0.15) is 4.98 Å². The van der Waals surface area contributed by atoms with Crippen LogP contribution in [-0.2, 0) is 23.8 Å². The number of aromatic nitrogens is 4. The van der Waals surface area contributed by atoms with Gasteiger partial charge in [0.2, 0.25) is 5.95 Å². The standard InChI is InChI=1S/C19H27FN6O6/c1-3-9(2)14(21)18(29)30-5-4-13(27)31-7-11-10(20)6-12(32-11)26-8-23-15-16(26)24-19(22)25-17(15)28/h8-12,14H,3-7,21H2,1-2H3,(H3,22,24,25,28)/t9-,10-,11+,12+,14-/m0/s1. The second-order valence-corrected chi connectivity index (χ2v) is 7.67. The third-order valence-electron chi connectivity index (χ3n) is 5.41. The van der Waals surface area contributed by atoms with E-state index in [2.05, 4.69) is 15.0 Å². The number of nitrogens with zero attached hydrogens (tertiary/aromatic N) is 3. The molecule has 0 unspecified atom stereocenters. The molecule has 3 heterocycles. The molecule has 3 rings (SSSR count). The van der Waals surface area contributed by atoms with Gasteiger partial charge in [0.1, 0.15) is 37.8 Å². The van der Waals surface area contributed by atoms with Gasteiger partial charge in [-0.3, -0.25) is 23.9 Å². The SMILES string of the molecule is CC[C@H](C)[C@H](N)C(=O)OCCC(=O)OC[C@H]1O[C@@H](n2cnc3c(=O)[nH]c(N)nc32)C[C@@H]1F. The predicted octanol–water partition coefficient (Wildman–Crippen LogP) is 0.177. The Kier molecular flexibility index (Phi) is 7.40. The lowest BCUT2D eigenvalue weighted by atomic mass is 10.0. The van der Waals surface area contributed by atoms with Gasteiger partial charge in [0.05, 0.1) is 12.7 Å².